The molecular formula is C10H10ClNO5. The van der Waals surface area contributed by atoms with Crippen molar-refractivity contribution in [3.05, 3.63) is 17.2 Å². The molecule has 1 amide bonds. The van der Waals surface area contributed by atoms with Crippen LogP contribution in [0.5, 0.6) is 11.5 Å². The van der Waals surface area contributed by atoms with E-state index in [1.54, 1.807) is 0 Å². The topological polar surface area (TPSA) is 76.1 Å². The van der Waals surface area contributed by atoms with E-state index < -0.39 is 5.91 Å². The van der Waals surface area contributed by atoms with Gasteiger partial charge in [-0.2, -0.15) is 0 Å². The molecular weight excluding hydrogens is 250 g/mol. The highest BCUT2D eigenvalue weighted by atomic mass is 35.5. The fourth-order valence-corrected chi connectivity index (χ4v) is 1.53. The minimum Gasteiger partial charge on any atom is -0.504 e. The fourth-order valence-electron chi connectivity index (χ4n) is 1.24. The molecule has 0 spiro atoms. The minimum atomic E-state index is -0.544. The van der Waals surface area contributed by atoms with E-state index in [9.17, 15) is 14.7 Å². The number of amides is 1. The molecule has 6 nitrogen and oxygen atoms in total. The van der Waals surface area contributed by atoms with Gasteiger partial charge >= 0.3 is 6.47 Å². The molecule has 0 saturated heterocycles. The zero-order valence-electron chi connectivity index (χ0n) is 9.14. The number of carbonyl (C=O) groups is 2. The van der Waals surface area contributed by atoms with Crippen LogP contribution in [0.15, 0.2) is 12.1 Å². The van der Waals surface area contributed by atoms with E-state index in [-0.39, 0.29) is 28.7 Å². The van der Waals surface area contributed by atoms with Crippen LogP contribution in [0.4, 0.5) is 5.69 Å². The van der Waals surface area contributed by atoms with Gasteiger partial charge in [-0.15, -0.1) is 5.06 Å². The van der Waals surface area contributed by atoms with Gasteiger partial charge in [-0.05, 0) is 6.07 Å². The van der Waals surface area contributed by atoms with E-state index in [0.717, 1.165) is 0 Å². The number of rotatable bonds is 4. The Bertz CT molecular complexity index is 425. The second kappa shape index (κ2) is 5.40. The third-order valence-corrected chi connectivity index (χ3v) is 2.16. The second-order valence-electron chi connectivity index (χ2n) is 2.99. The van der Waals surface area contributed by atoms with Gasteiger partial charge in [0.2, 0.25) is 0 Å². The highest BCUT2D eigenvalue weighted by Gasteiger charge is 2.17. The number of benzene rings is 1. The third-order valence-electron chi connectivity index (χ3n) is 1.88. The first kappa shape index (κ1) is 13.1. The Morgan fingerprint density at radius 1 is 1.53 bits per heavy atom. The number of aromatic hydroxyl groups is 1. The van der Waals surface area contributed by atoms with Crippen LogP contribution in [0.25, 0.3) is 0 Å². The number of hydroxylamine groups is 1. The van der Waals surface area contributed by atoms with Crippen molar-refractivity contribution in [2.45, 2.75) is 6.92 Å². The summed E-state index contributed by atoms with van der Waals surface area (Å²) in [6.45, 7) is 1.29. The first-order valence-corrected chi connectivity index (χ1v) is 4.86. The van der Waals surface area contributed by atoms with Crippen LogP contribution in [-0.4, -0.2) is 24.6 Å². The summed E-state index contributed by atoms with van der Waals surface area (Å²) in [7, 11) is 1.34. The normalized spacial score (nSPS) is 9.59. The molecule has 0 heterocycles. The molecule has 1 aromatic rings. The average Bonchev–Trinajstić information content (AvgIpc) is 2.24. The maximum atomic E-state index is 11.2. The number of carbonyl (C=O) groups excluding carboxylic acids is 2. The maximum absolute atomic E-state index is 11.2. The summed E-state index contributed by atoms with van der Waals surface area (Å²) in [5, 5.41) is 10.4. The SMILES string of the molecule is COc1c(O)cc(N(OC=O)C(C)=O)cc1Cl. The molecule has 0 radical (unpaired) electrons. The van der Waals surface area contributed by atoms with E-state index in [0.29, 0.717) is 5.06 Å². The van der Waals surface area contributed by atoms with Crippen LogP contribution in [0.3, 0.4) is 0 Å². The van der Waals surface area contributed by atoms with Crippen molar-refractivity contribution in [1.29, 1.82) is 0 Å². The highest BCUT2D eigenvalue weighted by Crippen LogP contribution is 2.38. The number of hydrogen-bond donors (Lipinski definition) is 1. The van der Waals surface area contributed by atoms with Crippen LogP contribution in [0.2, 0.25) is 5.02 Å². The lowest BCUT2D eigenvalue weighted by Crippen LogP contribution is -2.28. The number of hydrogen-bond acceptors (Lipinski definition) is 5. The standard InChI is InChI=1S/C10H10ClNO5/c1-6(14)12(17-5-13)7-3-8(11)10(16-2)9(15)4-7/h3-5,15H,1-2H3. The average molecular weight is 260 g/mol. The van der Waals surface area contributed by atoms with E-state index in [4.69, 9.17) is 16.3 Å². The molecule has 0 fully saturated rings. The van der Waals surface area contributed by atoms with Gasteiger partial charge in [0.05, 0.1) is 17.8 Å². The zero-order chi connectivity index (χ0) is 13.0. The van der Waals surface area contributed by atoms with Crippen molar-refractivity contribution >= 4 is 29.7 Å². The lowest BCUT2D eigenvalue weighted by atomic mass is 10.2. The van der Waals surface area contributed by atoms with Crippen molar-refractivity contribution in [1.82, 2.24) is 0 Å². The van der Waals surface area contributed by atoms with Gasteiger partial charge in [0, 0.05) is 13.0 Å². The molecule has 0 aliphatic heterocycles. The van der Waals surface area contributed by atoms with Gasteiger partial charge in [0.15, 0.2) is 11.5 Å². The van der Waals surface area contributed by atoms with Crippen molar-refractivity contribution in [3.8, 4) is 11.5 Å². The summed E-state index contributed by atoms with van der Waals surface area (Å²) in [6.07, 6.45) is 0. The number of halogens is 1. The molecule has 17 heavy (non-hydrogen) atoms. The van der Waals surface area contributed by atoms with Crippen molar-refractivity contribution in [2.24, 2.45) is 0 Å². The van der Waals surface area contributed by atoms with Gasteiger partial charge in [-0.1, -0.05) is 11.6 Å². The lowest BCUT2D eigenvalue weighted by Gasteiger charge is -2.18. The summed E-state index contributed by atoms with van der Waals surface area (Å²) in [4.78, 5) is 25.9. The van der Waals surface area contributed by atoms with E-state index >= 15 is 0 Å². The minimum absolute atomic E-state index is 0.0741. The number of ether oxygens (including phenoxy) is 1. The van der Waals surface area contributed by atoms with E-state index in [2.05, 4.69) is 4.84 Å². The number of anilines is 1. The van der Waals surface area contributed by atoms with E-state index in [1.807, 2.05) is 0 Å². The van der Waals surface area contributed by atoms with Crippen molar-refractivity contribution in [3.63, 3.8) is 0 Å². The molecule has 0 unspecified atom stereocenters. The summed E-state index contributed by atoms with van der Waals surface area (Å²) in [5.41, 5.74) is 0.118. The van der Waals surface area contributed by atoms with Gasteiger partial charge in [-0.25, -0.2) is 0 Å². The number of nitrogens with zero attached hydrogens (tertiary/aromatic N) is 1. The Balaban J connectivity index is 3.21. The molecule has 0 saturated carbocycles. The van der Waals surface area contributed by atoms with Gasteiger partial charge in [0.1, 0.15) is 0 Å². The predicted molar refractivity (Wildman–Crippen MR) is 60.0 cm³/mol. The Morgan fingerprint density at radius 3 is 2.59 bits per heavy atom. The number of phenols is 1. The predicted octanol–water partition coefficient (Wildman–Crippen LogP) is 1.50. The Kier molecular flexibility index (Phi) is 4.17. The van der Waals surface area contributed by atoms with Gasteiger partial charge < -0.3 is 14.7 Å². The Morgan fingerprint density at radius 2 is 2.18 bits per heavy atom. The zero-order valence-corrected chi connectivity index (χ0v) is 9.89. The molecule has 1 rings (SSSR count). The molecule has 0 bridgehead atoms. The summed E-state index contributed by atoms with van der Waals surface area (Å²) in [6, 6.07) is 2.51. The molecule has 7 heteroatoms. The first-order valence-electron chi connectivity index (χ1n) is 4.48. The fraction of sp³-hybridized carbons (Fsp3) is 0.200. The van der Waals surface area contributed by atoms with Crippen LogP contribution in [-0.2, 0) is 14.4 Å². The Labute approximate surface area is 102 Å². The lowest BCUT2D eigenvalue weighted by molar-refractivity contribution is -0.138. The molecule has 92 valence electrons. The number of phenolic OH excluding ortho intramolecular Hbond substituents is 1. The number of methoxy groups -OCH3 is 1. The van der Waals surface area contributed by atoms with Crippen molar-refractivity contribution in [2.75, 3.05) is 12.2 Å². The van der Waals surface area contributed by atoms with E-state index in [1.165, 1.54) is 26.2 Å². The van der Waals surface area contributed by atoms with Crippen LogP contribution >= 0.6 is 11.6 Å². The quantitative estimate of drug-likeness (QED) is 0.655. The van der Waals surface area contributed by atoms with Crippen LogP contribution < -0.4 is 9.80 Å². The molecule has 0 aromatic heterocycles. The van der Waals surface area contributed by atoms with Crippen LogP contribution in [0.1, 0.15) is 6.92 Å². The van der Waals surface area contributed by atoms with Gasteiger partial charge in [0.25, 0.3) is 5.91 Å². The Hall–Kier alpha value is -1.95. The smallest absolute Gasteiger partial charge is 0.321 e. The summed E-state index contributed by atoms with van der Waals surface area (Å²) >= 11 is 5.82. The van der Waals surface area contributed by atoms with Crippen LogP contribution in [0, 0.1) is 0 Å². The monoisotopic (exact) mass is 259 g/mol. The van der Waals surface area contributed by atoms with Gasteiger partial charge in [-0.3, -0.25) is 9.59 Å². The third kappa shape index (κ3) is 2.79. The molecule has 0 aliphatic rings. The molecule has 1 N–H and O–H groups in total. The summed E-state index contributed by atoms with van der Waals surface area (Å²) < 4.78 is 4.84. The maximum Gasteiger partial charge on any atom is 0.321 e. The summed E-state index contributed by atoms with van der Waals surface area (Å²) in [5.74, 6) is -0.737. The molecule has 0 atom stereocenters. The highest BCUT2D eigenvalue weighted by molar-refractivity contribution is 6.32. The molecule has 1 aromatic carbocycles. The first-order chi connectivity index (χ1) is 8.01. The largest absolute Gasteiger partial charge is 0.504 e. The second-order valence-corrected chi connectivity index (χ2v) is 3.40. The molecule has 0 aliphatic carbocycles. The van der Waals surface area contributed by atoms with Crippen molar-refractivity contribution < 1.29 is 24.3 Å².